The van der Waals surface area contributed by atoms with Crippen LogP contribution < -0.4 is 5.69 Å². The highest BCUT2D eigenvalue weighted by atomic mass is 32.1. The van der Waals surface area contributed by atoms with Crippen molar-refractivity contribution in [2.24, 2.45) is 0 Å². The van der Waals surface area contributed by atoms with E-state index in [1.165, 1.54) is 12.3 Å². The molecule has 9 heteroatoms. The molecule has 1 fully saturated rings. The van der Waals surface area contributed by atoms with E-state index in [0.29, 0.717) is 0 Å². The second kappa shape index (κ2) is 5.08. The van der Waals surface area contributed by atoms with Gasteiger partial charge in [0.05, 0.1) is 6.61 Å². The predicted molar refractivity (Wildman–Crippen MR) is 62.7 cm³/mol. The number of aliphatic hydroxyl groups is 2. The smallest absolute Gasteiger partial charge is 0.328 e. The zero-order chi connectivity index (χ0) is 14.2. The molecule has 3 N–H and O–H groups in total. The van der Waals surface area contributed by atoms with Crippen molar-refractivity contribution >= 4 is 12.2 Å². The van der Waals surface area contributed by atoms with E-state index in [1.54, 1.807) is 0 Å². The molecule has 2 rings (SSSR count). The number of nitrogens with zero attached hydrogens (tertiary/aromatic N) is 1. The number of aliphatic hydroxyl groups excluding tert-OH is 1. The number of ether oxygens (including phenoxy) is 1. The molecule has 106 valence electrons. The Balaban J connectivity index is 2.48. The van der Waals surface area contributed by atoms with Crippen molar-refractivity contribution in [2.75, 3.05) is 13.3 Å². The molecular formula is C10H12F2N2O4S. The van der Waals surface area contributed by atoms with Crippen molar-refractivity contribution in [3.05, 3.63) is 27.4 Å². The van der Waals surface area contributed by atoms with Gasteiger partial charge in [0.2, 0.25) is 0 Å². The third-order valence-corrected chi connectivity index (χ3v) is 3.27. The average molecular weight is 294 g/mol. The molecule has 0 spiro atoms. The molecule has 6 nitrogen and oxygen atoms in total. The molecule has 1 aromatic rings. The Morgan fingerprint density at radius 3 is 2.84 bits per heavy atom. The van der Waals surface area contributed by atoms with Gasteiger partial charge in [-0.3, -0.25) is 9.55 Å². The predicted octanol–water partition coefficient (Wildman–Crippen LogP) is -0.166. The van der Waals surface area contributed by atoms with Crippen molar-refractivity contribution in [1.29, 1.82) is 0 Å². The van der Waals surface area contributed by atoms with Crippen LogP contribution in [0.1, 0.15) is 6.23 Å². The summed E-state index contributed by atoms with van der Waals surface area (Å²) in [4.78, 5) is 13.9. The molecule has 2 heterocycles. The van der Waals surface area contributed by atoms with Gasteiger partial charge in [-0.1, -0.05) is 12.2 Å². The summed E-state index contributed by atoms with van der Waals surface area (Å²) in [6.07, 6.45) is -3.97. The van der Waals surface area contributed by atoms with E-state index in [2.05, 4.69) is 4.98 Å². The molecule has 0 aromatic carbocycles. The van der Waals surface area contributed by atoms with Gasteiger partial charge in [0, 0.05) is 6.20 Å². The molecular weight excluding hydrogens is 282 g/mol. The summed E-state index contributed by atoms with van der Waals surface area (Å²) in [6, 6.07) is 1.32. The maximum absolute atomic E-state index is 13.9. The van der Waals surface area contributed by atoms with Gasteiger partial charge in [0.15, 0.2) is 18.0 Å². The van der Waals surface area contributed by atoms with Crippen LogP contribution in [-0.2, 0) is 4.74 Å². The van der Waals surface area contributed by atoms with Gasteiger partial charge >= 0.3 is 5.69 Å². The first-order chi connectivity index (χ1) is 8.93. The number of nitrogens with one attached hydrogen (secondary N) is 1. The van der Waals surface area contributed by atoms with E-state index < -0.39 is 43.1 Å². The van der Waals surface area contributed by atoms with Gasteiger partial charge in [-0.2, -0.15) is 0 Å². The Hall–Kier alpha value is -1.16. The zero-order valence-electron chi connectivity index (χ0n) is 9.62. The quantitative estimate of drug-likeness (QED) is 0.674. The van der Waals surface area contributed by atoms with E-state index in [1.807, 2.05) is 0 Å². The topological polar surface area (TPSA) is 87.5 Å². The first-order valence-electron chi connectivity index (χ1n) is 5.44. The molecule has 1 aromatic heterocycles. The molecule has 0 saturated carbocycles. The van der Waals surface area contributed by atoms with E-state index in [0.717, 1.165) is 4.57 Å². The van der Waals surface area contributed by atoms with Gasteiger partial charge in [-0.15, -0.1) is 0 Å². The summed E-state index contributed by atoms with van der Waals surface area (Å²) in [5.41, 5.74) is -3.30. The third-order valence-electron chi connectivity index (χ3n) is 3.03. The van der Waals surface area contributed by atoms with Gasteiger partial charge in [-0.25, -0.2) is 13.6 Å². The molecule has 1 aliphatic heterocycles. The Morgan fingerprint density at radius 2 is 2.32 bits per heavy atom. The van der Waals surface area contributed by atoms with E-state index >= 15 is 0 Å². The Morgan fingerprint density at radius 1 is 1.63 bits per heavy atom. The van der Waals surface area contributed by atoms with Crippen molar-refractivity contribution in [3.8, 4) is 0 Å². The van der Waals surface area contributed by atoms with Crippen LogP contribution in [0.4, 0.5) is 8.78 Å². The second-order valence-electron chi connectivity index (χ2n) is 4.25. The molecule has 0 bridgehead atoms. The second-order valence-corrected chi connectivity index (χ2v) is 4.69. The van der Waals surface area contributed by atoms with E-state index in [4.69, 9.17) is 22.1 Å². The Kier molecular flexibility index (Phi) is 3.81. The van der Waals surface area contributed by atoms with Crippen LogP contribution >= 0.6 is 12.2 Å². The minimum absolute atomic E-state index is 0.138. The zero-order valence-corrected chi connectivity index (χ0v) is 10.4. The number of alkyl halides is 2. The summed E-state index contributed by atoms with van der Waals surface area (Å²) < 4.78 is 32.8. The summed E-state index contributed by atoms with van der Waals surface area (Å²) in [7, 11) is 0. The summed E-state index contributed by atoms with van der Waals surface area (Å²) in [6.45, 7) is -2.20. The van der Waals surface area contributed by atoms with Crippen LogP contribution in [0.5, 0.6) is 0 Å². The standard InChI is InChI=1S/C10H12F2N2O4S/c11-4-10(17)7(12)5(3-15)18-8(10)14-2-1-6(19)13-9(14)16/h1-2,5,7-8,15,17H,3-4H2,(H,13,16,19)/t5-,7?,8-,10-/m1/s1. The fraction of sp³-hybridized carbons (Fsp3) is 0.600. The summed E-state index contributed by atoms with van der Waals surface area (Å²) >= 11 is 4.73. The maximum atomic E-state index is 13.9. The van der Waals surface area contributed by atoms with Crippen LogP contribution in [0.15, 0.2) is 17.1 Å². The lowest BCUT2D eigenvalue weighted by atomic mass is 9.97. The Labute approximate surface area is 111 Å². The lowest BCUT2D eigenvalue weighted by Crippen LogP contribution is -2.48. The minimum atomic E-state index is -2.53. The van der Waals surface area contributed by atoms with Gasteiger partial charge < -0.3 is 14.9 Å². The molecule has 19 heavy (non-hydrogen) atoms. The van der Waals surface area contributed by atoms with Crippen molar-refractivity contribution < 1.29 is 23.7 Å². The number of H-pyrrole nitrogens is 1. The van der Waals surface area contributed by atoms with Crippen molar-refractivity contribution in [2.45, 2.75) is 24.1 Å². The van der Waals surface area contributed by atoms with Crippen LogP contribution in [-0.4, -0.2) is 50.9 Å². The van der Waals surface area contributed by atoms with Gasteiger partial charge in [0.25, 0.3) is 0 Å². The largest absolute Gasteiger partial charge is 0.394 e. The minimum Gasteiger partial charge on any atom is -0.394 e. The van der Waals surface area contributed by atoms with Crippen molar-refractivity contribution in [3.63, 3.8) is 0 Å². The normalized spacial score (nSPS) is 34.6. The highest BCUT2D eigenvalue weighted by molar-refractivity contribution is 7.71. The van der Waals surface area contributed by atoms with Crippen LogP contribution in [0.3, 0.4) is 0 Å². The fourth-order valence-electron chi connectivity index (χ4n) is 2.00. The van der Waals surface area contributed by atoms with Crippen LogP contribution in [0.2, 0.25) is 0 Å². The first-order valence-corrected chi connectivity index (χ1v) is 5.85. The number of hydrogen-bond donors (Lipinski definition) is 3. The number of hydrogen-bond acceptors (Lipinski definition) is 5. The Bertz CT molecular complexity index is 577. The van der Waals surface area contributed by atoms with Crippen molar-refractivity contribution in [1.82, 2.24) is 9.55 Å². The summed E-state index contributed by atoms with van der Waals surface area (Å²) in [5.74, 6) is 0. The molecule has 1 unspecified atom stereocenters. The highest BCUT2D eigenvalue weighted by Gasteiger charge is 2.57. The van der Waals surface area contributed by atoms with Crippen LogP contribution in [0.25, 0.3) is 0 Å². The highest BCUT2D eigenvalue weighted by Crippen LogP contribution is 2.39. The van der Waals surface area contributed by atoms with Gasteiger partial charge in [0.1, 0.15) is 17.4 Å². The molecule has 0 amide bonds. The molecule has 0 radical (unpaired) electrons. The molecule has 1 saturated heterocycles. The average Bonchev–Trinajstić information content (AvgIpc) is 2.63. The summed E-state index contributed by atoms with van der Waals surface area (Å²) in [5, 5.41) is 18.9. The number of aromatic nitrogens is 2. The third kappa shape index (κ3) is 2.22. The van der Waals surface area contributed by atoms with E-state index in [-0.39, 0.29) is 4.64 Å². The van der Waals surface area contributed by atoms with E-state index in [9.17, 15) is 18.7 Å². The lowest BCUT2D eigenvalue weighted by Gasteiger charge is -2.27. The number of aromatic amines is 1. The fourth-order valence-corrected chi connectivity index (χ4v) is 2.15. The number of rotatable bonds is 3. The molecule has 1 aliphatic rings. The number of halogens is 2. The molecule has 4 atom stereocenters. The monoisotopic (exact) mass is 294 g/mol. The first kappa shape index (κ1) is 14.3. The lowest BCUT2D eigenvalue weighted by molar-refractivity contribution is -0.113. The van der Waals surface area contributed by atoms with Crippen LogP contribution in [0, 0.1) is 4.64 Å². The maximum Gasteiger partial charge on any atom is 0.328 e. The SMILES string of the molecule is O=c1[nH]c(=S)ccn1[C@@H]1O[C@H](CO)C(F)[C@]1(O)CF. The molecule has 0 aliphatic carbocycles. The van der Waals surface area contributed by atoms with Gasteiger partial charge in [-0.05, 0) is 6.07 Å².